The van der Waals surface area contributed by atoms with Gasteiger partial charge in [-0.1, -0.05) is 60.7 Å². The maximum absolute atomic E-state index is 12.6. The molecule has 0 spiro atoms. The Morgan fingerprint density at radius 2 is 1.34 bits per heavy atom. The van der Waals surface area contributed by atoms with Gasteiger partial charge in [-0.3, -0.25) is 0 Å². The van der Waals surface area contributed by atoms with Gasteiger partial charge in [0.2, 0.25) is 0 Å². The van der Waals surface area contributed by atoms with Crippen LogP contribution in [-0.2, 0) is 27.1 Å². The zero-order valence-electron chi connectivity index (χ0n) is 23.9. The van der Waals surface area contributed by atoms with Crippen LogP contribution in [0.1, 0.15) is 31.9 Å². The van der Waals surface area contributed by atoms with Gasteiger partial charge in [-0.15, -0.1) is 0 Å². The molecule has 226 valence electrons. The van der Waals surface area contributed by atoms with Crippen molar-refractivity contribution < 1.29 is 39.1 Å². The van der Waals surface area contributed by atoms with Crippen LogP contribution in [0.25, 0.3) is 0 Å². The van der Waals surface area contributed by atoms with E-state index in [0.717, 1.165) is 11.1 Å². The Kier molecular flexibility index (Phi) is 12.4. The first-order valence-electron chi connectivity index (χ1n) is 13.9. The molecular weight excluding hydrogens is 530 g/mol. The molecule has 1 saturated heterocycles. The number of carbonyl (C=O) groups excluding carboxylic acids is 2. The summed E-state index contributed by atoms with van der Waals surface area (Å²) in [5.74, 6) is 0. The Morgan fingerprint density at radius 1 is 0.854 bits per heavy atom. The third-order valence-corrected chi connectivity index (χ3v) is 6.50. The highest BCUT2D eigenvalue weighted by atomic mass is 16.6. The fourth-order valence-corrected chi connectivity index (χ4v) is 4.38. The van der Waals surface area contributed by atoms with E-state index in [2.05, 4.69) is 16.0 Å². The molecule has 0 aromatic heterocycles. The molecule has 0 radical (unpaired) electrons. The summed E-state index contributed by atoms with van der Waals surface area (Å²) >= 11 is 0. The molecular formula is C30H43N3O8. The Balaban J connectivity index is 1.59. The first kappa shape index (κ1) is 32.3. The molecule has 1 fully saturated rings. The molecule has 0 saturated carbocycles. The van der Waals surface area contributed by atoms with Crippen molar-refractivity contribution >= 4 is 12.2 Å². The third-order valence-electron chi connectivity index (χ3n) is 6.50. The summed E-state index contributed by atoms with van der Waals surface area (Å²) in [7, 11) is 0. The number of aliphatic hydroxyl groups is 3. The van der Waals surface area contributed by atoms with Gasteiger partial charge in [-0.25, -0.2) is 9.59 Å². The zero-order valence-corrected chi connectivity index (χ0v) is 23.9. The summed E-state index contributed by atoms with van der Waals surface area (Å²) < 4.78 is 15.8. The highest BCUT2D eigenvalue weighted by molar-refractivity contribution is 5.68. The molecule has 11 nitrogen and oxygen atoms in total. The lowest BCUT2D eigenvalue weighted by Crippen LogP contribution is -2.53. The highest BCUT2D eigenvalue weighted by Gasteiger charge is 2.31. The molecule has 0 unspecified atom stereocenters. The van der Waals surface area contributed by atoms with Gasteiger partial charge in [0.1, 0.15) is 11.7 Å². The quantitative estimate of drug-likeness (QED) is 0.209. The minimum atomic E-state index is -1.05. The number of amides is 2. The Hall–Kier alpha value is -3.22. The average Bonchev–Trinajstić information content (AvgIpc) is 3.31. The predicted octanol–water partition coefficient (Wildman–Crippen LogP) is 1.53. The molecule has 1 aliphatic heterocycles. The largest absolute Gasteiger partial charge is 0.444 e. The normalized spacial score (nSPS) is 20.0. The SMILES string of the molecule is CC(C)(C)OC(=O)N[C@@H](Cc1ccccc1)[C@H](O)CNC[C@@H](O)[C@H](Cc1ccccc1)NC(=O)O[C@@H]1COC[C@H]1O. The third kappa shape index (κ3) is 11.7. The van der Waals surface area contributed by atoms with Crippen LogP contribution in [-0.4, -0.2) is 95.9 Å². The summed E-state index contributed by atoms with van der Waals surface area (Å²) in [4.78, 5) is 25.0. The second-order valence-electron chi connectivity index (χ2n) is 11.2. The minimum absolute atomic E-state index is 0.0362. The summed E-state index contributed by atoms with van der Waals surface area (Å²) in [5.41, 5.74) is 1.13. The summed E-state index contributed by atoms with van der Waals surface area (Å²) in [6.45, 7) is 5.56. The number of benzene rings is 2. The van der Waals surface area contributed by atoms with E-state index < -0.39 is 54.3 Å². The molecule has 3 rings (SSSR count). The number of hydrogen-bond donors (Lipinski definition) is 6. The standard InChI is InChI=1S/C30H43N3O8/c1-30(2,3)41-29(38)33-23(15-21-12-8-5-9-13-21)25(35)17-31-16-24(34)22(14-20-10-6-4-7-11-20)32-28(37)40-27-19-39-18-26(27)36/h4-13,22-27,31,34-36H,14-19H2,1-3H3,(H,32,37)(H,33,38)/t22-,23-,24+,25+,26+,27+/m0/s1. The smallest absolute Gasteiger partial charge is 0.407 e. The van der Waals surface area contributed by atoms with Crippen LogP contribution < -0.4 is 16.0 Å². The summed E-state index contributed by atoms with van der Waals surface area (Å²) in [6.07, 6.45) is -4.47. The topological polar surface area (TPSA) is 159 Å². The number of ether oxygens (including phenoxy) is 3. The number of carbonyl (C=O) groups is 2. The average molecular weight is 574 g/mol. The first-order chi connectivity index (χ1) is 19.5. The van der Waals surface area contributed by atoms with E-state index in [9.17, 15) is 24.9 Å². The molecule has 11 heteroatoms. The Labute approximate surface area is 241 Å². The molecule has 0 aliphatic carbocycles. The van der Waals surface area contributed by atoms with Crippen molar-refractivity contribution in [3.8, 4) is 0 Å². The van der Waals surface area contributed by atoms with Crippen LogP contribution in [0.3, 0.4) is 0 Å². The second kappa shape index (κ2) is 15.7. The molecule has 6 atom stereocenters. The maximum atomic E-state index is 12.6. The number of nitrogens with one attached hydrogen (secondary N) is 3. The second-order valence-corrected chi connectivity index (χ2v) is 11.2. The number of alkyl carbamates (subject to hydrolysis) is 2. The monoisotopic (exact) mass is 573 g/mol. The van der Waals surface area contributed by atoms with Crippen LogP contribution in [0.5, 0.6) is 0 Å². The van der Waals surface area contributed by atoms with Crippen molar-refractivity contribution in [2.45, 2.75) is 75.7 Å². The molecule has 2 aromatic carbocycles. The summed E-state index contributed by atoms with van der Waals surface area (Å²) in [5, 5.41) is 40.4. The lowest BCUT2D eigenvalue weighted by atomic mass is 10.00. The van der Waals surface area contributed by atoms with Crippen molar-refractivity contribution in [3.63, 3.8) is 0 Å². The van der Waals surface area contributed by atoms with E-state index in [1.807, 2.05) is 60.7 Å². The van der Waals surface area contributed by atoms with E-state index in [4.69, 9.17) is 14.2 Å². The number of aliphatic hydroxyl groups excluding tert-OH is 3. The van der Waals surface area contributed by atoms with Gasteiger partial charge >= 0.3 is 12.2 Å². The van der Waals surface area contributed by atoms with Crippen LogP contribution >= 0.6 is 0 Å². The van der Waals surface area contributed by atoms with Gasteiger partial charge in [0.25, 0.3) is 0 Å². The van der Waals surface area contributed by atoms with Crippen molar-refractivity contribution in [1.82, 2.24) is 16.0 Å². The van der Waals surface area contributed by atoms with E-state index in [0.29, 0.717) is 12.8 Å². The zero-order chi connectivity index (χ0) is 29.8. The predicted molar refractivity (Wildman–Crippen MR) is 152 cm³/mol. The molecule has 2 amide bonds. The van der Waals surface area contributed by atoms with Crippen LogP contribution in [0.4, 0.5) is 9.59 Å². The molecule has 2 aromatic rings. The van der Waals surface area contributed by atoms with E-state index in [1.165, 1.54) is 0 Å². The van der Waals surface area contributed by atoms with Gasteiger partial charge < -0.3 is 45.5 Å². The fraction of sp³-hybridized carbons (Fsp3) is 0.533. The van der Waals surface area contributed by atoms with Gasteiger partial charge in [0.05, 0.1) is 37.5 Å². The highest BCUT2D eigenvalue weighted by Crippen LogP contribution is 2.13. The summed E-state index contributed by atoms with van der Waals surface area (Å²) in [6, 6.07) is 17.4. The van der Waals surface area contributed by atoms with Crippen molar-refractivity contribution in [2.75, 3.05) is 26.3 Å². The van der Waals surface area contributed by atoms with E-state index >= 15 is 0 Å². The Bertz CT molecular complexity index is 1070. The lowest BCUT2D eigenvalue weighted by Gasteiger charge is -2.28. The Morgan fingerprint density at radius 3 is 1.78 bits per heavy atom. The molecule has 1 aliphatic rings. The van der Waals surface area contributed by atoms with Crippen molar-refractivity contribution in [1.29, 1.82) is 0 Å². The van der Waals surface area contributed by atoms with E-state index in [-0.39, 0.29) is 26.3 Å². The van der Waals surface area contributed by atoms with Crippen molar-refractivity contribution in [3.05, 3.63) is 71.8 Å². The minimum Gasteiger partial charge on any atom is -0.444 e. The van der Waals surface area contributed by atoms with Gasteiger partial charge in [-0.2, -0.15) is 0 Å². The maximum Gasteiger partial charge on any atom is 0.407 e. The number of rotatable bonds is 13. The van der Waals surface area contributed by atoms with Crippen LogP contribution in [0.2, 0.25) is 0 Å². The van der Waals surface area contributed by atoms with Crippen LogP contribution in [0, 0.1) is 0 Å². The van der Waals surface area contributed by atoms with Gasteiger partial charge in [0, 0.05) is 13.1 Å². The van der Waals surface area contributed by atoms with Crippen LogP contribution in [0.15, 0.2) is 60.7 Å². The molecule has 41 heavy (non-hydrogen) atoms. The molecule has 1 heterocycles. The van der Waals surface area contributed by atoms with E-state index in [1.54, 1.807) is 20.8 Å². The van der Waals surface area contributed by atoms with Gasteiger partial charge in [0.15, 0.2) is 6.10 Å². The van der Waals surface area contributed by atoms with Crippen molar-refractivity contribution in [2.24, 2.45) is 0 Å². The molecule has 6 N–H and O–H groups in total. The number of hydrogen-bond acceptors (Lipinski definition) is 9. The van der Waals surface area contributed by atoms with Gasteiger partial charge in [-0.05, 0) is 44.7 Å². The first-order valence-corrected chi connectivity index (χ1v) is 13.9. The lowest BCUT2D eigenvalue weighted by molar-refractivity contribution is 0.0264. The fourth-order valence-electron chi connectivity index (χ4n) is 4.38. The molecule has 0 bridgehead atoms.